The summed E-state index contributed by atoms with van der Waals surface area (Å²) in [5.41, 5.74) is 2.14. The van der Waals surface area contributed by atoms with Crippen LogP contribution < -0.4 is 20.4 Å². The Morgan fingerprint density at radius 1 is 0.974 bits per heavy atom. The van der Waals surface area contributed by atoms with Crippen molar-refractivity contribution in [3.8, 4) is 0 Å². The number of amides is 2. The average Bonchev–Trinajstić information content (AvgIpc) is 3.43. The topological polar surface area (TPSA) is 111 Å². The van der Waals surface area contributed by atoms with Gasteiger partial charge in [-0.05, 0) is 49.3 Å². The number of halogens is 1. The van der Waals surface area contributed by atoms with Gasteiger partial charge in [-0.15, -0.1) is 0 Å². The molecule has 202 valence electrons. The summed E-state index contributed by atoms with van der Waals surface area (Å²) in [4.78, 5) is 42.5. The first-order valence-electron chi connectivity index (χ1n) is 12.6. The fourth-order valence-electron chi connectivity index (χ4n) is 4.79. The van der Waals surface area contributed by atoms with Gasteiger partial charge in [0.2, 0.25) is 5.91 Å². The smallest absolute Gasteiger partial charge is 0.270 e. The molecule has 2 N–H and O–H groups in total. The van der Waals surface area contributed by atoms with E-state index in [1.807, 2.05) is 29.7 Å². The quantitative estimate of drug-likeness (QED) is 0.307. The SMILES string of the molecule is CC(C)C(=O)N1CCN(c2ccc(Cl)cc2NC(=S)NC(=O)c2cc([N+](=O)[O-])ccc2N2CCCC2)CC1. The Kier molecular flexibility index (Phi) is 8.68. The molecule has 12 heteroatoms. The maximum atomic E-state index is 13.2. The Bertz CT molecular complexity index is 1240. The van der Waals surface area contributed by atoms with E-state index in [4.69, 9.17) is 23.8 Å². The zero-order valence-electron chi connectivity index (χ0n) is 21.4. The van der Waals surface area contributed by atoms with E-state index >= 15 is 0 Å². The van der Waals surface area contributed by atoms with Gasteiger partial charge in [0.05, 0.1) is 27.5 Å². The van der Waals surface area contributed by atoms with Crippen LogP contribution in [-0.2, 0) is 4.79 Å². The van der Waals surface area contributed by atoms with Crippen LogP contribution in [0.5, 0.6) is 0 Å². The number of piperazine rings is 1. The van der Waals surface area contributed by atoms with E-state index in [-0.39, 0.29) is 28.2 Å². The summed E-state index contributed by atoms with van der Waals surface area (Å²) in [5, 5.41) is 17.7. The van der Waals surface area contributed by atoms with E-state index in [2.05, 4.69) is 15.5 Å². The fraction of sp³-hybridized carbons (Fsp3) is 0.423. The zero-order valence-corrected chi connectivity index (χ0v) is 23.0. The largest absolute Gasteiger partial charge is 0.371 e. The molecule has 0 saturated carbocycles. The molecule has 2 aromatic carbocycles. The van der Waals surface area contributed by atoms with Crippen LogP contribution in [0.3, 0.4) is 0 Å². The predicted octanol–water partition coefficient (Wildman–Crippen LogP) is 4.28. The van der Waals surface area contributed by atoms with Gasteiger partial charge < -0.3 is 20.0 Å². The van der Waals surface area contributed by atoms with E-state index in [1.165, 1.54) is 12.1 Å². The van der Waals surface area contributed by atoms with Gasteiger partial charge in [-0.3, -0.25) is 25.0 Å². The summed E-state index contributed by atoms with van der Waals surface area (Å²) in [6.07, 6.45) is 1.99. The second-order valence-corrected chi connectivity index (χ2v) is 10.5. The molecule has 2 heterocycles. The summed E-state index contributed by atoms with van der Waals surface area (Å²) in [5.74, 6) is -0.442. The lowest BCUT2D eigenvalue weighted by Crippen LogP contribution is -2.50. The van der Waals surface area contributed by atoms with Gasteiger partial charge in [0.15, 0.2) is 5.11 Å². The average molecular weight is 559 g/mol. The molecule has 0 radical (unpaired) electrons. The van der Waals surface area contributed by atoms with Gasteiger partial charge in [-0.1, -0.05) is 25.4 Å². The maximum absolute atomic E-state index is 13.2. The van der Waals surface area contributed by atoms with Crippen molar-refractivity contribution in [3.63, 3.8) is 0 Å². The Balaban J connectivity index is 1.49. The van der Waals surface area contributed by atoms with Gasteiger partial charge in [-0.2, -0.15) is 0 Å². The minimum Gasteiger partial charge on any atom is -0.371 e. The molecule has 0 atom stereocenters. The lowest BCUT2D eigenvalue weighted by atomic mass is 10.1. The molecule has 4 rings (SSSR count). The number of rotatable bonds is 6. The molecule has 0 aromatic heterocycles. The summed E-state index contributed by atoms with van der Waals surface area (Å²) >= 11 is 11.7. The highest BCUT2D eigenvalue weighted by Gasteiger charge is 2.26. The van der Waals surface area contributed by atoms with Crippen LogP contribution in [0, 0.1) is 16.0 Å². The summed E-state index contributed by atoms with van der Waals surface area (Å²) in [7, 11) is 0. The molecular weight excluding hydrogens is 528 g/mol. The van der Waals surface area contributed by atoms with E-state index < -0.39 is 10.8 Å². The van der Waals surface area contributed by atoms with Crippen LogP contribution in [0.4, 0.5) is 22.7 Å². The highest BCUT2D eigenvalue weighted by Crippen LogP contribution is 2.31. The molecule has 2 fully saturated rings. The van der Waals surface area contributed by atoms with E-state index in [1.54, 1.807) is 18.2 Å². The highest BCUT2D eigenvalue weighted by atomic mass is 35.5. The normalized spacial score (nSPS) is 15.5. The van der Waals surface area contributed by atoms with Crippen molar-refractivity contribution in [3.05, 3.63) is 57.1 Å². The van der Waals surface area contributed by atoms with Crippen LogP contribution >= 0.6 is 23.8 Å². The second-order valence-electron chi connectivity index (χ2n) is 9.69. The van der Waals surface area contributed by atoms with Gasteiger partial charge in [0.25, 0.3) is 11.6 Å². The number of nitrogens with zero attached hydrogens (tertiary/aromatic N) is 4. The number of nitro benzene ring substituents is 1. The highest BCUT2D eigenvalue weighted by molar-refractivity contribution is 7.80. The predicted molar refractivity (Wildman–Crippen MR) is 153 cm³/mol. The number of nitrogens with one attached hydrogen (secondary N) is 2. The van der Waals surface area contributed by atoms with Crippen LogP contribution in [0.15, 0.2) is 36.4 Å². The molecule has 2 aromatic rings. The molecule has 0 unspecified atom stereocenters. The van der Waals surface area contributed by atoms with E-state index in [0.29, 0.717) is 42.6 Å². The number of anilines is 3. The molecule has 0 aliphatic carbocycles. The minimum atomic E-state index is -0.530. The number of carbonyl (C=O) groups excluding carboxylic acids is 2. The van der Waals surface area contributed by atoms with Gasteiger partial charge in [-0.25, -0.2) is 0 Å². The lowest BCUT2D eigenvalue weighted by Gasteiger charge is -2.37. The van der Waals surface area contributed by atoms with Crippen LogP contribution in [0.25, 0.3) is 0 Å². The third-order valence-corrected chi connectivity index (χ3v) is 7.18. The van der Waals surface area contributed by atoms with Gasteiger partial charge >= 0.3 is 0 Å². The van der Waals surface area contributed by atoms with Crippen molar-refractivity contribution in [1.82, 2.24) is 10.2 Å². The maximum Gasteiger partial charge on any atom is 0.270 e. The first kappa shape index (κ1) is 27.6. The van der Waals surface area contributed by atoms with Crippen LogP contribution in [-0.4, -0.2) is 66.0 Å². The summed E-state index contributed by atoms with van der Waals surface area (Å²) < 4.78 is 0. The number of hydrogen-bond acceptors (Lipinski definition) is 7. The van der Waals surface area contributed by atoms with Crippen LogP contribution in [0.1, 0.15) is 37.0 Å². The van der Waals surface area contributed by atoms with Gasteiger partial charge in [0, 0.05) is 62.3 Å². The molecule has 38 heavy (non-hydrogen) atoms. The molecule has 0 spiro atoms. The molecule has 2 aliphatic rings. The van der Waals surface area contributed by atoms with Crippen molar-refractivity contribution < 1.29 is 14.5 Å². The number of carbonyl (C=O) groups is 2. The van der Waals surface area contributed by atoms with Crippen molar-refractivity contribution in [1.29, 1.82) is 0 Å². The van der Waals surface area contributed by atoms with Crippen molar-refractivity contribution in [2.75, 3.05) is 54.4 Å². The molecule has 2 saturated heterocycles. The summed E-state index contributed by atoms with van der Waals surface area (Å²) in [6.45, 7) is 7.84. The lowest BCUT2D eigenvalue weighted by molar-refractivity contribution is -0.384. The number of nitro groups is 1. The first-order chi connectivity index (χ1) is 18.1. The number of benzene rings is 2. The van der Waals surface area contributed by atoms with Gasteiger partial charge in [0.1, 0.15) is 0 Å². The monoisotopic (exact) mass is 558 g/mol. The molecule has 0 bridgehead atoms. The van der Waals surface area contributed by atoms with Crippen molar-refractivity contribution in [2.24, 2.45) is 5.92 Å². The minimum absolute atomic E-state index is 0.0472. The Morgan fingerprint density at radius 2 is 1.61 bits per heavy atom. The Labute approximate surface area is 232 Å². The molecule has 2 aliphatic heterocycles. The first-order valence-corrected chi connectivity index (χ1v) is 13.4. The van der Waals surface area contributed by atoms with E-state index in [0.717, 1.165) is 31.6 Å². The third-order valence-electron chi connectivity index (χ3n) is 6.74. The number of hydrogen-bond donors (Lipinski definition) is 2. The van der Waals surface area contributed by atoms with Crippen molar-refractivity contribution in [2.45, 2.75) is 26.7 Å². The second kappa shape index (κ2) is 12.0. The van der Waals surface area contributed by atoms with Crippen molar-refractivity contribution >= 4 is 63.5 Å². The zero-order chi connectivity index (χ0) is 27.4. The molecule has 2 amide bonds. The Morgan fingerprint density at radius 3 is 2.24 bits per heavy atom. The fourth-order valence-corrected chi connectivity index (χ4v) is 5.17. The van der Waals surface area contributed by atoms with E-state index in [9.17, 15) is 19.7 Å². The molecular formula is C26H31ClN6O4S. The van der Waals surface area contributed by atoms with Crippen LogP contribution in [0.2, 0.25) is 5.02 Å². The Hall–Kier alpha value is -3.44. The standard InChI is InChI=1S/C26H31ClN6O4S/c1-17(2)25(35)32-13-11-31(12-14-32)23-7-5-18(27)15-21(23)28-26(38)29-24(34)20-16-19(33(36)37)6-8-22(20)30-9-3-4-10-30/h5-8,15-17H,3-4,9-14H2,1-2H3,(H2,28,29,34,38). The number of thiocarbonyl (C=S) groups is 1. The molecule has 10 nitrogen and oxygen atoms in total. The third kappa shape index (κ3) is 6.33. The summed E-state index contributed by atoms with van der Waals surface area (Å²) in [6, 6.07) is 9.70. The number of non-ortho nitro benzene ring substituents is 1.